The van der Waals surface area contributed by atoms with Gasteiger partial charge in [-0.3, -0.25) is 0 Å². The van der Waals surface area contributed by atoms with Crippen molar-refractivity contribution in [1.29, 1.82) is 0 Å². The lowest BCUT2D eigenvalue weighted by Crippen LogP contribution is -2.19. The summed E-state index contributed by atoms with van der Waals surface area (Å²) in [7, 11) is 0. The van der Waals surface area contributed by atoms with Gasteiger partial charge >= 0.3 is 0 Å². The number of halogens is 2. The van der Waals surface area contributed by atoms with Crippen LogP contribution in [0.25, 0.3) is 0 Å². The Balaban J connectivity index is 2.56. The number of hydrogen-bond donors (Lipinski definition) is 1. The van der Waals surface area contributed by atoms with Gasteiger partial charge in [-0.1, -0.05) is 41.9 Å². The van der Waals surface area contributed by atoms with E-state index in [0.717, 1.165) is 5.02 Å². The van der Waals surface area contributed by atoms with Crippen LogP contribution in [-0.2, 0) is 0 Å². The summed E-state index contributed by atoms with van der Waals surface area (Å²) in [6, 6.07) is 8.01. The van der Waals surface area contributed by atoms with Crippen molar-refractivity contribution >= 4 is 23.2 Å². The highest BCUT2D eigenvalue weighted by Gasteiger charge is 2.03. The van der Waals surface area contributed by atoms with Crippen molar-refractivity contribution in [2.75, 3.05) is 6.54 Å². The van der Waals surface area contributed by atoms with Gasteiger partial charge in [0, 0.05) is 22.6 Å². The molecule has 0 saturated heterocycles. The van der Waals surface area contributed by atoms with Crippen LogP contribution in [-0.4, -0.2) is 6.54 Å². The summed E-state index contributed by atoms with van der Waals surface area (Å²) in [5.41, 5.74) is 1.19. The molecule has 0 radical (unpaired) electrons. The maximum absolute atomic E-state index is 5.79. The molecule has 3 heteroatoms. The molecule has 14 heavy (non-hydrogen) atoms. The molecule has 0 heterocycles. The van der Waals surface area contributed by atoms with Crippen molar-refractivity contribution < 1.29 is 0 Å². The maximum Gasteiger partial charge on any atom is 0.0406 e. The van der Waals surface area contributed by atoms with Crippen molar-refractivity contribution in [2.45, 2.75) is 13.0 Å². The predicted octanol–water partition coefficient (Wildman–Crippen LogP) is 3.74. The Morgan fingerprint density at radius 1 is 1.43 bits per heavy atom. The Bertz CT molecular complexity index is 306. The Hall–Kier alpha value is -0.500. The van der Waals surface area contributed by atoms with Gasteiger partial charge in [-0.05, 0) is 24.6 Å². The van der Waals surface area contributed by atoms with Crippen LogP contribution in [0.15, 0.2) is 35.9 Å². The van der Waals surface area contributed by atoms with E-state index in [0.29, 0.717) is 11.6 Å². The molecule has 76 valence electrons. The van der Waals surface area contributed by atoms with E-state index in [2.05, 4.69) is 18.8 Å². The van der Waals surface area contributed by atoms with Crippen LogP contribution in [0.5, 0.6) is 0 Å². The first-order valence-corrected chi connectivity index (χ1v) is 5.17. The van der Waals surface area contributed by atoms with Gasteiger partial charge in [-0.15, -0.1) is 0 Å². The average molecular weight is 230 g/mol. The lowest BCUT2D eigenvalue weighted by molar-refractivity contribution is 0.614. The Morgan fingerprint density at radius 3 is 2.50 bits per heavy atom. The van der Waals surface area contributed by atoms with Gasteiger partial charge in [-0.2, -0.15) is 0 Å². The molecule has 0 bridgehead atoms. The molecule has 1 nitrogen and oxygen atoms in total. The summed E-state index contributed by atoms with van der Waals surface area (Å²) in [6.45, 7) is 6.31. The fraction of sp³-hybridized carbons (Fsp3) is 0.273. The molecule has 1 atom stereocenters. The maximum atomic E-state index is 5.79. The van der Waals surface area contributed by atoms with Crippen molar-refractivity contribution in [1.82, 2.24) is 5.32 Å². The molecule has 1 aromatic carbocycles. The smallest absolute Gasteiger partial charge is 0.0406 e. The van der Waals surface area contributed by atoms with E-state index in [-0.39, 0.29) is 6.04 Å². The molecule has 0 fully saturated rings. The fourth-order valence-corrected chi connectivity index (χ4v) is 1.34. The fourth-order valence-electron chi connectivity index (χ4n) is 1.13. The molecule has 1 N–H and O–H groups in total. The van der Waals surface area contributed by atoms with Gasteiger partial charge in [0.15, 0.2) is 0 Å². The van der Waals surface area contributed by atoms with Crippen LogP contribution < -0.4 is 5.32 Å². The molecule has 0 aliphatic heterocycles. The minimum absolute atomic E-state index is 0.253. The first-order chi connectivity index (χ1) is 6.59. The summed E-state index contributed by atoms with van der Waals surface area (Å²) in [4.78, 5) is 0. The van der Waals surface area contributed by atoms with E-state index in [4.69, 9.17) is 23.2 Å². The summed E-state index contributed by atoms with van der Waals surface area (Å²) in [5.74, 6) is 0. The minimum Gasteiger partial charge on any atom is -0.305 e. The van der Waals surface area contributed by atoms with Gasteiger partial charge in [0.05, 0.1) is 0 Å². The van der Waals surface area contributed by atoms with Crippen molar-refractivity contribution in [3.63, 3.8) is 0 Å². The van der Waals surface area contributed by atoms with E-state index in [1.165, 1.54) is 5.56 Å². The molecule has 0 aliphatic rings. The lowest BCUT2D eigenvalue weighted by Gasteiger charge is -2.13. The number of benzene rings is 1. The molecule has 1 rings (SSSR count). The number of rotatable bonds is 4. The molecular weight excluding hydrogens is 217 g/mol. The van der Waals surface area contributed by atoms with Crippen LogP contribution in [0, 0.1) is 0 Å². The van der Waals surface area contributed by atoms with E-state index >= 15 is 0 Å². The molecule has 0 saturated carbocycles. The summed E-state index contributed by atoms with van der Waals surface area (Å²) in [5, 5.41) is 4.61. The van der Waals surface area contributed by atoms with Crippen molar-refractivity contribution in [3.8, 4) is 0 Å². The van der Waals surface area contributed by atoms with E-state index < -0.39 is 0 Å². The van der Waals surface area contributed by atoms with Crippen LogP contribution in [0.3, 0.4) is 0 Å². The van der Waals surface area contributed by atoms with Gasteiger partial charge in [-0.25, -0.2) is 0 Å². The SMILES string of the molecule is C=C(Cl)CN[C@@H](C)c1ccc(Cl)cc1. The van der Waals surface area contributed by atoms with Crippen LogP contribution >= 0.6 is 23.2 Å². The molecule has 0 spiro atoms. The summed E-state index contributed by atoms with van der Waals surface area (Å²) >= 11 is 11.4. The first-order valence-electron chi connectivity index (χ1n) is 4.41. The monoisotopic (exact) mass is 229 g/mol. The molecule has 0 unspecified atom stereocenters. The molecule has 1 aromatic rings. The van der Waals surface area contributed by atoms with Gasteiger partial charge < -0.3 is 5.32 Å². The standard InChI is InChI=1S/C11H13Cl2N/c1-8(12)7-14-9(2)10-3-5-11(13)6-4-10/h3-6,9,14H,1,7H2,2H3/t9-/m0/s1. The largest absolute Gasteiger partial charge is 0.305 e. The zero-order valence-electron chi connectivity index (χ0n) is 8.06. The zero-order valence-corrected chi connectivity index (χ0v) is 9.57. The van der Waals surface area contributed by atoms with Crippen molar-refractivity contribution in [3.05, 3.63) is 46.5 Å². The van der Waals surface area contributed by atoms with E-state index in [9.17, 15) is 0 Å². The van der Waals surface area contributed by atoms with Crippen LogP contribution in [0.1, 0.15) is 18.5 Å². The highest BCUT2D eigenvalue weighted by molar-refractivity contribution is 6.30. The average Bonchev–Trinajstić information content (AvgIpc) is 2.15. The molecular formula is C11H13Cl2N. The minimum atomic E-state index is 0.253. The zero-order chi connectivity index (χ0) is 10.6. The topological polar surface area (TPSA) is 12.0 Å². The second-order valence-electron chi connectivity index (χ2n) is 3.17. The lowest BCUT2D eigenvalue weighted by atomic mass is 10.1. The quantitative estimate of drug-likeness (QED) is 0.830. The summed E-state index contributed by atoms with van der Waals surface area (Å²) in [6.07, 6.45) is 0. The highest BCUT2D eigenvalue weighted by atomic mass is 35.5. The third-order valence-corrected chi connectivity index (χ3v) is 2.36. The molecule has 0 aromatic heterocycles. The van der Waals surface area contributed by atoms with E-state index in [1.54, 1.807) is 0 Å². The third-order valence-electron chi connectivity index (χ3n) is 1.97. The van der Waals surface area contributed by atoms with E-state index in [1.807, 2.05) is 24.3 Å². The van der Waals surface area contributed by atoms with Gasteiger partial charge in [0.2, 0.25) is 0 Å². The first kappa shape index (κ1) is 11.6. The van der Waals surface area contributed by atoms with Crippen molar-refractivity contribution in [2.24, 2.45) is 0 Å². The number of hydrogen-bond acceptors (Lipinski definition) is 1. The predicted molar refractivity (Wildman–Crippen MR) is 62.9 cm³/mol. The number of nitrogens with one attached hydrogen (secondary N) is 1. The van der Waals surface area contributed by atoms with Crippen LogP contribution in [0.2, 0.25) is 5.02 Å². The Morgan fingerprint density at radius 2 is 2.00 bits per heavy atom. The Kier molecular flexibility index (Phi) is 4.46. The highest BCUT2D eigenvalue weighted by Crippen LogP contribution is 2.16. The second-order valence-corrected chi connectivity index (χ2v) is 4.14. The van der Waals surface area contributed by atoms with Gasteiger partial charge in [0.25, 0.3) is 0 Å². The second kappa shape index (κ2) is 5.40. The molecule has 0 amide bonds. The third kappa shape index (κ3) is 3.70. The van der Waals surface area contributed by atoms with Gasteiger partial charge in [0.1, 0.15) is 0 Å². The van der Waals surface area contributed by atoms with Crippen LogP contribution in [0.4, 0.5) is 0 Å². The molecule has 0 aliphatic carbocycles. The Labute approximate surface area is 94.7 Å². The summed E-state index contributed by atoms with van der Waals surface area (Å²) < 4.78 is 0. The normalized spacial score (nSPS) is 12.5.